The van der Waals surface area contributed by atoms with Crippen LogP contribution in [0.4, 0.5) is 0 Å². The highest BCUT2D eigenvalue weighted by Crippen LogP contribution is 2.19. The molecule has 5 nitrogen and oxygen atoms in total. The summed E-state index contributed by atoms with van der Waals surface area (Å²) in [5.74, 6) is -0.242. The first-order valence-electron chi connectivity index (χ1n) is 8.55. The SMILES string of the molecule is O=C(NCCNS(=O)(=O)c1ccccc1)c1ccc(-c2ccccc2)cc1. The van der Waals surface area contributed by atoms with Gasteiger partial charge in [0.2, 0.25) is 10.0 Å². The topological polar surface area (TPSA) is 75.3 Å². The molecule has 0 heterocycles. The third-order valence-corrected chi connectivity index (χ3v) is 5.49. The fraction of sp³-hybridized carbons (Fsp3) is 0.0952. The highest BCUT2D eigenvalue weighted by molar-refractivity contribution is 7.89. The number of carbonyl (C=O) groups is 1. The quantitative estimate of drug-likeness (QED) is 0.619. The lowest BCUT2D eigenvalue weighted by molar-refractivity contribution is 0.0954. The maximum atomic E-state index is 12.2. The van der Waals surface area contributed by atoms with Crippen LogP contribution in [0.5, 0.6) is 0 Å². The van der Waals surface area contributed by atoms with Gasteiger partial charge in [-0.25, -0.2) is 13.1 Å². The molecule has 138 valence electrons. The van der Waals surface area contributed by atoms with E-state index in [1.165, 1.54) is 12.1 Å². The van der Waals surface area contributed by atoms with E-state index in [0.717, 1.165) is 11.1 Å². The third kappa shape index (κ3) is 5.03. The van der Waals surface area contributed by atoms with Crippen LogP contribution in [0.1, 0.15) is 10.4 Å². The molecule has 0 aromatic heterocycles. The number of sulfonamides is 1. The first-order chi connectivity index (χ1) is 13.1. The molecule has 3 aromatic carbocycles. The van der Waals surface area contributed by atoms with E-state index in [4.69, 9.17) is 0 Å². The molecule has 3 rings (SSSR count). The maximum absolute atomic E-state index is 12.2. The zero-order valence-corrected chi connectivity index (χ0v) is 15.4. The van der Waals surface area contributed by atoms with Crippen molar-refractivity contribution < 1.29 is 13.2 Å². The van der Waals surface area contributed by atoms with E-state index in [1.54, 1.807) is 30.3 Å². The summed E-state index contributed by atoms with van der Waals surface area (Å²) < 4.78 is 26.7. The molecule has 3 aromatic rings. The van der Waals surface area contributed by atoms with E-state index in [0.29, 0.717) is 5.56 Å². The van der Waals surface area contributed by atoms with Crippen LogP contribution in [0.15, 0.2) is 89.8 Å². The Labute approximate surface area is 159 Å². The number of nitrogens with one attached hydrogen (secondary N) is 2. The van der Waals surface area contributed by atoms with Crippen LogP contribution in [0.3, 0.4) is 0 Å². The number of rotatable bonds is 7. The zero-order valence-electron chi connectivity index (χ0n) is 14.6. The van der Waals surface area contributed by atoms with Crippen molar-refractivity contribution in [2.75, 3.05) is 13.1 Å². The van der Waals surface area contributed by atoms with Gasteiger partial charge in [0, 0.05) is 18.7 Å². The van der Waals surface area contributed by atoms with Gasteiger partial charge in [-0.2, -0.15) is 0 Å². The molecular formula is C21H20N2O3S. The summed E-state index contributed by atoms with van der Waals surface area (Å²) in [7, 11) is -3.56. The van der Waals surface area contributed by atoms with Crippen LogP contribution < -0.4 is 10.0 Å². The van der Waals surface area contributed by atoms with Crippen molar-refractivity contribution >= 4 is 15.9 Å². The lowest BCUT2D eigenvalue weighted by Crippen LogP contribution is -2.34. The van der Waals surface area contributed by atoms with Crippen LogP contribution in [0, 0.1) is 0 Å². The minimum absolute atomic E-state index is 0.116. The molecule has 0 saturated carbocycles. The van der Waals surface area contributed by atoms with Gasteiger partial charge in [-0.3, -0.25) is 4.79 Å². The highest BCUT2D eigenvalue weighted by atomic mass is 32.2. The standard InChI is InChI=1S/C21H20N2O3S/c24-21(19-13-11-18(12-14-19)17-7-3-1-4-8-17)22-15-16-23-27(25,26)20-9-5-2-6-10-20/h1-14,23H,15-16H2,(H,22,24). The average Bonchev–Trinajstić information content (AvgIpc) is 2.72. The molecule has 6 heteroatoms. The summed E-state index contributed by atoms with van der Waals surface area (Å²) in [5.41, 5.74) is 2.64. The minimum Gasteiger partial charge on any atom is -0.351 e. The molecule has 0 bridgehead atoms. The second kappa shape index (κ2) is 8.62. The van der Waals surface area contributed by atoms with Gasteiger partial charge in [0.25, 0.3) is 5.91 Å². The van der Waals surface area contributed by atoms with Gasteiger partial charge in [-0.15, -0.1) is 0 Å². The van der Waals surface area contributed by atoms with Gasteiger partial charge in [-0.1, -0.05) is 60.7 Å². The zero-order chi connectivity index (χ0) is 19.1. The molecule has 0 radical (unpaired) electrons. The largest absolute Gasteiger partial charge is 0.351 e. The Bertz CT molecular complexity index is 987. The van der Waals surface area contributed by atoms with Crippen molar-refractivity contribution in [1.82, 2.24) is 10.0 Å². The third-order valence-electron chi connectivity index (χ3n) is 4.01. The molecule has 2 N–H and O–H groups in total. The molecular weight excluding hydrogens is 360 g/mol. The summed E-state index contributed by atoms with van der Waals surface area (Å²) in [6, 6.07) is 25.3. The second-order valence-corrected chi connectivity index (χ2v) is 7.68. The van der Waals surface area contributed by atoms with Gasteiger partial charge < -0.3 is 5.32 Å². The monoisotopic (exact) mass is 380 g/mol. The van der Waals surface area contributed by atoms with Gasteiger partial charge >= 0.3 is 0 Å². The van der Waals surface area contributed by atoms with Gasteiger partial charge in [0.1, 0.15) is 0 Å². The fourth-order valence-electron chi connectivity index (χ4n) is 2.59. The van der Waals surface area contributed by atoms with Crippen molar-refractivity contribution in [2.45, 2.75) is 4.90 Å². The molecule has 0 aliphatic rings. The first kappa shape index (κ1) is 18.8. The van der Waals surface area contributed by atoms with Gasteiger partial charge in [0.05, 0.1) is 4.90 Å². The Morgan fingerprint density at radius 3 is 1.89 bits per heavy atom. The molecule has 0 atom stereocenters. The second-order valence-electron chi connectivity index (χ2n) is 5.91. The smallest absolute Gasteiger partial charge is 0.251 e. The Kier molecular flexibility index (Phi) is 6.01. The van der Waals surface area contributed by atoms with Crippen LogP contribution in [0.2, 0.25) is 0 Å². The van der Waals surface area contributed by atoms with Gasteiger partial charge in [-0.05, 0) is 35.4 Å². The molecule has 0 aliphatic heterocycles. The number of hydrogen-bond donors (Lipinski definition) is 2. The van der Waals surface area contributed by atoms with E-state index in [1.807, 2.05) is 42.5 Å². The van der Waals surface area contributed by atoms with E-state index >= 15 is 0 Å². The Balaban J connectivity index is 1.51. The number of benzene rings is 3. The molecule has 0 fully saturated rings. The van der Waals surface area contributed by atoms with Crippen molar-refractivity contribution in [3.63, 3.8) is 0 Å². The van der Waals surface area contributed by atoms with Crippen molar-refractivity contribution in [3.05, 3.63) is 90.5 Å². The van der Waals surface area contributed by atoms with Crippen LogP contribution in [-0.4, -0.2) is 27.4 Å². The number of hydrogen-bond acceptors (Lipinski definition) is 3. The molecule has 27 heavy (non-hydrogen) atoms. The molecule has 0 aliphatic carbocycles. The summed E-state index contributed by atoms with van der Waals surface area (Å²) >= 11 is 0. The predicted octanol–water partition coefficient (Wildman–Crippen LogP) is 3.06. The molecule has 0 saturated heterocycles. The number of carbonyl (C=O) groups excluding carboxylic acids is 1. The summed E-state index contributed by atoms with van der Waals surface area (Å²) in [5, 5.41) is 2.72. The average molecular weight is 380 g/mol. The highest BCUT2D eigenvalue weighted by Gasteiger charge is 2.12. The van der Waals surface area contributed by atoms with Crippen LogP contribution in [0.25, 0.3) is 11.1 Å². The fourth-order valence-corrected chi connectivity index (χ4v) is 3.64. The summed E-state index contributed by atoms with van der Waals surface area (Å²) in [6.07, 6.45) is 0. The van der Waals surface area contributed by atoms with E-state index in [9.17, 15) is 13.2 Å². The normalized spacial score (nSPS) is 11.1. The van der Waals surface area contributed by atoms with Crippen molar-refractivity contribution in [2.24, 2.45) is 0 Å². The predicted molar refractivity (Wildman–Crippen MR) is 106 cm³/mol. The van der Waals surface area contributed by atoms with Crippen molar-refractivity contribution in [1.29, 1.82) is 0 Å². The Hall–Kier alpha value is -2.96. The minimum atomic E-state index is -3.56. The van der Waals surface area contributed by atoms with E-state index in [2.05, 4.69) is 10.0 Å². The summed E-state index contributed by atoms with van der Waals surface area (Å²) in [4.78, 5) is 12.4. The van der Waals surface area contributed by atoms with E-state index < -0.39 is 10.0 Å². The number of amides is 1. The summed E-state index contributed by atoms with van der Waals surface area (Å²) in [6.45, 7) is 0.316. The molecule has 0 spiro atoms. The van der Waals surface area contributed by atoms with Crippen molar-refractivity contribution in [3.8, 4) is 11.1 Å². The molecule has 1 amide bonds. The van der Waals surface area contributed by atoms with Crippen LogP contribution >= 0.6 is 0 Å². The lowest BCUT2D eigenvalue weighted by Gasteiger charge is -2.08. The first-order valence-corrected chi connectivity index (χ1v) is 10.0. The van der Waals surface area contributed by atoms with Crippen LogP contribution in [-0.2, 0) is 10.0 Å². The lowest BCUT2D eigenvalue weighted by atomic mass is 10.0. The maximum Gasteiger partial charge on any atom is 0.251 e. The Morgan fingerprint density at radius 2 is 1.26 bits per heavy atom. The Morgan fingerprint density at radius 1 is 0.704 bits per heavy atom. The van der Waals surface area contributed by atoms with Gasteiger partial charge in [0.15, 0.2) is 0 Å². The molecule has 0 unspecified atom stereocenters. The van der Waals surface area contributed by atoms with E-state index in [-0.39, 0.29) is 23.9 Å².